The first kappa shape index (κ1) is 25.7. The fourth-order valence-corrected chi connectivity index (χ4v) is 6.92. The summed E-state index contributed by atoms with van der Waals surface area (Å²) >= 11 is 3.07. The van der Waals surface area contributed by atoms with Crippen molar-refractivity contribution in [2.45, 2.75) is 49.5 Å². The average Bonchev–Trinajstić information content (AvgIpc) is 3.55. The molecule has 1 saturated heterocycles. The minimum atomic E-state index is -0.104. The van der Waals surface area contributed by atoms with Crippen molar-refractivity contribution in [3.8, 4) is 0 Å². The summed E-state index contributed by atoms with van der Waals surface area (Å²) < 4.78 is 1.83. The number of aryl methyl sites for hydroxylation is 2. The Morgan fingerprint density at radius 2 is 2.05 bits per heavy atom. The molecule has 8 nitrogen and oxygen atoms in total. The Morgan fingerprint density at radius 1 is 1.27 bits per heavy atom. The quantitative estimate of drug-likeness (QED) is 0.321. The summed E-state index contributed by atoms with van der Waals surface area (Å²) in [4.78, 5) is 39.3. The maximum absolute atomic E-state index is 13.3. The number of piperidine rings is 1. The maximum Gasteiger partial charge on any atom is 0.278 e. The van der Waals surface area contributed by atoms with Gasteiger partial charge >= 0.3 is 0 Å². The standard InChI is InChI=1S/C27H32N6O2S2/c1-4-16-36-24-20(9-7-13-28-24)26(34)33-14-11-18(12-15-33)23-29-22(17-37-23)27(35)31(2)25-19-8-5-6-10-21(19)30-32(25)3/h4,7,9,13,17-18H,1,5-6,8,10-12,14-16H2,2-3H3. The Balaban J connectivity index is 1.23. The molecule has 4 heterocycles. The fraction of sp³-hybridized carbons (Fsp3) is 0.444. The van der Waals surface area contributed by atoms with Crippen LogP contribution < -0.4 is 4.90 Å². The van der Waals surface area contributed by atoms with Gasteiger partial charge in [-0.25, -0.2) is 9.97 Å². The van der Waals surface area contributed by atoms with E-state index < -0.39 is 0 Å². The minimum absolute atomic E-state index is 0.0225. The molecule has 194 valence electrons. The van der Waals surface area contributed by atoms with Gasteiger partial charge in [0.1, 0.15) is 16.5 Å². The predicted molar refractivity (Wildman–Crippen MR) is 148 cm³/mol. The van der Waals surface area contributed by atoms with Gasteiger partial charge in [-0.2, -0.15) is 5.10 Å². The van der Waals surface area contributed by atoms with Crippen LogP contribution in [0.4, 0.5) is 5.82 Å². The number of carbonyl (C=O) groups excluding carboxylic acids is 2. The van der Waals surface area contributed by atoms with Crippen LogP contribution in [-0.2, 0) is 19.9 Å². The van der Waals surface area contributed by atoms with Gasteiger partial charge in [0.05, 0.1) is 16.3 Å². The molecule has 0 spiro atoms. The monoisotopic (exact) mass is 536 g/mol. The van der Waals surface area contributed by atoms with Gasteiger partial charge in [0.25, 0.3) is 11.8 Å². The lowest BCUT2D eigenvalue weighted by molar-refractivity contribution is 0.0708. The van der Waals surface area contributed by atoms with Crippen molar-refractivity contribution in [2.75, 3.05) is 30.8 Å². The molecular formula is C27H32N6O2S2. The van der Waals surface area contributed by atoms with Crippen molar-refractivity contribution in [3.63, 3.8) is 0 Å². The molecule has 0 aromatic carbocycles. The number of amides is 2. The summed E-state index contributed by atoms with van der Waals surface area (Å²) in [6, 6.07) is 3.66. The summed E-state index contributed by atoms with van der Waals surface area (Å²) in [6.45, 7) is 5.08. The highest BCUT2D eigenvalue weighted by Gasteiger charge is 2.30. The van der Waals surface area contributed by atoms with Gasteiger partial charge in [-0.15, -0.1) is 29.7 Å². The second kappa shape index (κ2) is 11.2. The minimum Gasteiger partial charge on any atom is -0.339 e. The van der Waals surface area contributed by atoms with Gasteiger partial charge < -0.3 is 4.90 Å². The highest BCUT2D eigenvalue weighted by molar-refractivity contribution is 7.99. The van der Waals surface area contributed by atoms with E-state index in [1.807, 2.05) is 47.3 Å². The van der Waals surface area contributed by atoms with E-state index in [0.29, 0.717) is 30.1 Å². The summed E-state index contributed by atoms with van der Waals surface area (Å²) in [5.41, 5.74) is 3.43. The van der Waals surface area contributed by atoms with Gasteiger partial charge in [0.2, 0.25) is 0 Å². The molecule has 37 heavy (non-hydrogen) atoms. The summed E-state index contributed by atoms with van der Waals surface area (Å²) in [5.74, 6) is 1.75. The van der Waals surface area contributed by atoms with Crippen LogP contribution in [-0.4, -0.2) is 62.4 Å². The molecule has 0 unspecified atom stereocenters. The molecule has 3 aromatic rings. The SMILES string of the molecule is C=CCSc1ncccc1C(=O)N1CCC(c2nc(C(=O)N(C)c3c4c(nn3C)CCCC4)cs2)CC1. The van der Waals surface area contributed by atoms with Gasteiger partial charge in [-0.1, -0.05) is 6.08 Å². The number of carbonyl (C=O) groups is 2. The summed E-state index contributed by atoms with van der Waals surface area (Å²) in [7, 11) is 3.73. The van der Waals surface area contributed by atoms with Crippen LogP contribution in [0.15, 0.2) is 41.4 Å². The number of thiazole rings is 1. The first-order valence-corrected chi connectivity index (χ1v) is 14.6. The van der Waals surface area contributed by atoms with Crippen LogP contribution in [0, 0.1) is 0 Å². The van der Waals surface area contributed by atoms with E-state index in [0.717, 1.165) is 60.1 Å². The average molecular weight is 537 g/mol. The van der Waals surface area contributed by atoms with Crippen molar-refractivity contribution >= 4 is 40.7 Å². The van der Waals surface area contributed by atoms with Crippen molar-refractivity contribution in [1.29, 1.82) is 0 Å². The summed E-state index contributed by atoms with van der Waals surface area (Å²) in [5, 5.41) is 8.24. The van der Waals surface area contributed by atoms with E-state index in [1.165, 1.54) is 17.3 Å². The lowest BCUT2D eigenvalue weighted by Crippen LogP contribution is -2.38. The van der Waals surface area contributed by atoms with Gasteiger partial charge in [0.15, 0.2) is 0 Å². The van der Waals surface area contributed by atoms with Crippen molar-refractivity contribution in [3.05, 3.63) is 63.9 Å². The van der Waals surface area contributed by atoms with Crippen LogP contribution in [0.2, 0.25) is 0 Å². The number of anilines is 1. The van der Waals surface area contributed by atoms with Gasteiger partial charge in [-0.3, -0.25) is 19.2 Å². The number of likely N-dealkylation sites (tertiary alicyclic amines) is 1. The van der Waals surface area contributed by atoms with E-state index in [4.69, 9.17) is 4.98 Å². The molecule has 5 rings (SSSR count). The largest absolute Gasteiger partial charge is 0.339 e. The molecule has 1 aliphatic carbocycles. The van der Waals surface area contributed by atoms with E-state index in [9.17, 15) is 9.59 Å². The normalized spacial score (nSPS) is 15.9. The Bertz CT molecular complexity index is 1310. The fourth-order valence-electron chi connectivity index (χ4n) is 5.23. The number of fused-ring (bicyclic) bond motifs is 1. The Labute approximate surface area is 225 Å². The first-order valence-electron chi connectivity index (χ1n) is 12.7. The number of hydrogen-bond donors (Lipinski definition) is 0. The lowest BCUT2D eigenvalue weighted by atomic mass is 9.97. The molecule has 0 saturated carbocycles. The highest BCUT2D eigenvalue weighted by atomic mass is 32.2. The van der Waals surface area contributed by atoms with Gasteiger partial charge in [0, 0.05) is 56.0 Å². The first-order chi connectivity index (χ1) is 18.0. The molecule has 0 radical (unpaired) electrons. The zero-order valence-corrected chi connectivity index (χ0v) is 23.0. The predicted octanol–water partition coefficient (Wildman–Crippen LogP) is 4.72. The number of thioether (sulfide) groups is 1. The molecule has 3 aromatic heterocycles. The molecule has 10 heteroatoms. The third-order valence-corrected chi connectivity index (χ3v) is 9.13. The third-order valence-electron chi connectivity index (χ3n) is 7.12. The Hall–Kier alpha value is -2.98. The zero-order valence-electron chi connectivity index (χ0n) is 21.4. The van der Waals surface area contributed by atoms with E-state index >= 15 is 0 Å². The molecule has 0 N–H and O–H groups in total. The summed E-state index contributed by atoms with van der Waals surface area (Å²) in [6.07, 6.45) is 9.40. The molecule has 0 atom stereocenters. The van der Waals surface area contributed by atoms with E-state index in [1.54, 1.807) is 22.4 Å². The molecule has 0 bridgehead atoms. The van der Waals surface area contributed by atoms with Crippen molar-refractivity contribution in [2.24, 2.45) is 7.05 Å². The molecular weight excluding hydrogens is 504 g/mol. The third kappa shape index (κ3) is 5.22. The van der Waals surface area contributed by atoms with Crippen LogP contribution in [0.1, 0.15) is 68.7 Å². The molecule has 1 aliphatic heterocycles. The number of rotatable bonds is 7. The van der Waals surface area contributed by atoms with Crippen LogP contribution in [0.5, 0.6) is 0 Å². The van der Waals surface area contributed by atoms with E-state index in [-0.39, 0.29) is 17.7 Å². The van der Waals surface area contributed by atoms with Gasteiger partial charge in [-0.05, 0) is 50.7 Å². The zero-order chi connectivity index (χ0) is 25.9. The van der Waals surface area contributed by atoms with E-state index in [2.05, 4.69) is 16.7 Å². The van der Waals surface area contributed by atoms with Crippen molar-refractivity contribution in [1.82, 2.24) is 24.6 Å². The number of hydrogen-bond acceptors (Lipinski definition) is 7. The second-order valence-corrected chi connectivity index (χ2v) is 11.4. The topological polar surface area (TPSA) is 84.2 Å². The van der Waals surface area contributed by atoms with Crippen LogP contribution in [0.25, 0.3) is 0 Å². The second-order valence-electron chi connectivity index (χ2n) is 9.54. The smallest absolute Gasteiger partial charge is 0.278 e. The van der Waals surface area contributed by atoms with Crippen molar-refractivity contribution < 1.29 is 9.59 Å². The van der Waals surface area contributed by atoms with Crippen LogP contribution >= 0.6 is 23.1 Å². The molecule has 2 aliphatic rings. The Morgan fingerprint density at radius 3 is 2.84 bits per heavy atom. The van der Waals surface area contributed by atoms with Crippen LogP contribution in [0.3, 0.4) is 0 Å². The molecule has 2 amide bonds. The lowest BCUT2D eigenvalue weighted by Gasteiger charge is -2.31. The molecule has 1 fully saturated rings. The Kier molecular flexibility index (Phi) is 7.76. The number of aromatic nitrogens is 4. The number of nitrogens with zero attached hydrogens (tertiary/aromatic N) is 6. The number of pyridine rings is 1. The highest BCUT2D eigenvalue weighted by Crippen LogP contribution is 2.33. The maximum atomic E-state index is 13.3.